The van der Waals surface area contributed by atoms with Crippen LogP contribution < -0.4 is 5.32 Å². The van der Waals surface area contributed by atoms with Gasteiger partial charge in [-0.3, -0.25) is 0 Å². The molecule has 1 aliphatic carbocycles. The van der Waals surface area contributed by atoms with E-state index in [0.717, 1.165) is 42.4 Å². The van der Waals surface area contributed by atoms with Gasteiger partial charge < -0.3 is 10.4 Å². The average Bonchev–Trinajstić information content (AvgIpc) is 2.68. The maximum atomic E-state index is 10.5. The van der Waals surface area contributed by atoms with Crippen molar-refractivity contribution in [1.29, 1.82) is 0 Å². The van der Waals surface area contributed by atoms with Crippen LogP contribution in [0.2, 0.25) is 0 Å². The third-order valence-electron chi connectivity index (χ3n) is 4.21. The van der Waals surface area contributed by atoms with E-state index in [1.165, 1.54) is 11.3 Å². The molecule has 3 nitrogen and oxygen atoms in total. The number of rotatable bonds is 4. The molecule has 18 heavy (non-hydrogen) atoms. The minimum atomic E-state index is -0.529. The van der Waals surface area contributed by atoms with Crippen LogP contribution in [0.25, 0.3) is 0 Å². The first-order chi connectivity index (χ1) is 8.52. The Morgan fingerprint density at radius 1 is 1.39 bits per heavy atom. The third-order valence-corrected chi connectivity index (χ3v) is 5.24. The summed E-state index contributed by atoms with van der Waals surface area (Å²) in [6.45, 7) is 6.99. The fourth-order valence-electron chi connectivity index (χ4n) is 2.59. The predicted octanol–water partition coefficient (Wildman–Crippen LogP) is 3.50. The lowest BCUT2D eigenvalue weighted by Gasteiger charge is -2.35. The molecule has 0 unspecified atom stereocenters. The molecule has 0 atom stereocenters. The largest absolute Gasteiger partial charge is 0.388 e. The smallest absolute Gasteiger partial charge is 0.183 e. The zero-order valence-electron chi connectivity index (χ0n) is 11.6. The molecular weight excluding hydrogens is 244 g/mol. The van der Waals surface area contributed by atoms with Crippen molar-refractivity contribution in [3.63, 3.8) is 0 Å². The molecule has 1 aromatic heterocycles. The quantitative estimate of drug-likeness (QED) is 0.878. The van der Waals surface area contributed by atoms with E-state index < -0.39 is 5.60 Å². The van der Waals surface area contributed by atoms with Crippen molar-refractivity contribution in [3.05, 3.63) is 10.6 Å². The molecule has 1 fully saturated rings. The predicted molar refractivity (Wildman–Crippen MR) is 77.3 cm³/mol. The van der Waals surface area contributed by atoms with Crippen molar-refractivity contribution >= 4 is 16.5 Å². The molecule has 0 bridgehead atoms. The maximum Gasteiger partial charge on any atom is 0.183 e. The summed E-state index contributed by atoms with van der Waals surface area (Å²) in [5.41, 5.74) is 0.559. The minimum absolute atomic E-state index is 0.529. The van der Waals surface area contributed by atoms with Crippen LogP contribution in [0.1, 0.15) is 49.6 Å². The van der Waals surface area contributed by atoms with E-state index in [-0.39, 0.29) is 0 Å². The summed E-state index contributed by atoms with van der Waals surface area (Å²) in [7, 11) is 0. The summed E-state index contributed by atoms with van der Waals surface area (Å²) in [4.78, 5) is 5.70. The zero-order valence-corrected chi connectivity index (χ0v) is 12.4. The van der Waals surface area contributed by atoms with Gasteiger partial charge in [-0.25, -0.2) is 4.98 Å². The van der Waals surface area contributed by atoms with Gasteiger partial charge in [-0.15, -0.1) is 11.3 Å². The van der Waals surface area contributed by atoms with Gasteiger partial charge in [0.1, 0.15) is 0 Å². The highest BCUT2D eigenvalue weighted by molar-refractivity contribution is 7.15. The Labute approximate surface area is 114 Å². The topological polar surface area (TPSA) is 45.1 Å². The summed E-state index contributed by atoms with van der Waals surface area (Å²) in [6.07, 6.45) is 5.40. The Bertz CT molecular complexity index is 375. The first-order valence-electron chi connectivity index (χ1n) is 6.93. The van der Waals surface area contributed by atoms with E-state index in [1.807, 2.05) is 6.92 Å². The van der Waals surface area contributed by atoms with Crippen LogP contribution in [0.4, 0.5) is 5.13 Å². The Hall–Kier alpha value is -0.610. The number of aliphatic hydroxyl groups is 1. The van der Waals surface area contributed by atoms with E-state index in [0.29, 0.717) is 6.54 Å². The minimum Gasteiger partial charge on any atom is -0.388 e. The second-order valence-corrected chi connectivity index (χ2v) is 6.79. The van der Waals surface area contributed by atoms with Gasteiger partial charge in [-0.05, 0) is 45.4 Å². The second-order valence-electron chi connectivity index (χ2n) is 5.59. The van der Waals surface area contributed by atoms with Gasteiger partial charge in [0.05, 0.1) is 11.3 Å². The van der Waals surface area contributed by atoms with Crippen LogP contribution >= 0.6 is 11.3 Å². The molecule has 2 rings (SSSR count). The summed E-state index contributed by atoms with van der Waals surface area (Å²) in [5.74, 6) is 0.814. The summed E-state index contributed by atoms with van der Waals surface area (Å²) < 4.78 is 0. The normalized spacial score (nSPS) is 28.3. The highest BCUT2D eigenvalue weighted by Crippen LogP contribution is 2.34. The zero-order chi connectivity index (χ0) is 13.2. The van der Waals surface area contributed by atoms with Gasteiger partial charge in [0.15, 0.2) is 5.13 Å². The Morgan fingerprint density at radius 3 is 2.56 bits per heavy atom. The van der Waals surface area contributed by atoms with E-state index in [9.17, 15) is 5.11 Å². The molecule has 1 heterocycles. The lowest BCUT2D eigenvalue weighted by atomic mass is 9.78. The number of aromatic nitrogens is 1. The monoisotopic (exact) mass is 268 g/mol. The molecule has 0 spiro atoms. The van der Waals surface area contributed by atoms with Crippen molar-refractivity contribution in [3.8, 4) is 0 Å². The van der Waals surface area contributed by atoms with Gasteiger partial charge >= 0.3 is 0 Å². The highest BCUT2D eigenvalue weighted by Gasteiger charge is 2.32. The fourth-order valence-corrected chi connectivity index (χ4v) is 3.40. The summed E-state index contributed by atoms with van der Waals surface area (Å²) in [6, 6.07) is 0. The number of aryl methyl sites for hydroxylation is 2. The first-order valence-corrected chi connectivity index (χ1v) is 7.74. The number of hydrogen-bond acceptors (Lipinski definition) is 4. The van der Waals surface area contributed by atoms with E-state index in [1.54, 1.807) is 11.3 Å². The number of anilines is 1. The number of nitrogens with zero attached hydrogens (tertiary/aromatic N) is 1. The molecule has 0 amide bonds. The van der Waals surface area contributed by atoms with Crippen LogP contribution in [0.3, 0.4) is 0 Å². The van der Waals surface area contributed by atoms with Crippen LogP contribution in [0.15, 0.2) is 0 Å². The number of thiazole rings is 1. The summed E-state index contributed by atoms with van der Waals surface area (Å²) >= 11 is 1.67. The molecule has 0 saturated heterocycles. The average molecular weight is 268 g/mol. The van der Waals surface area contributed by atoms with Gasteiger partial charge in [0.25, 0.3) is 0 Å². The van der Waals surface area contributed by atoms with Gasteiger partial charge in [0.2, 0.25) is 0 Å². The molecule has 1 aromatic rings. The lowest BCUT2D eigenvalue weighted by Crippen LogP contribution is -2.40. The Balaban J connectivity index is 1.86. The number of hydrogen-bond donors (Lipinski definition) is 2. The van der Waals surface area contributed by atoms with Crippen molar-refractivity contribution in [2.75, 3.05) is 11.9 Å². The van der Waals surface area contributed by atoms with Crippen molar-refractivity contribution in [1.82, 2.24) is 4.98 Å². The summed E-state index contributed by atoms with van der Waals surface area (Å²) in [5, 5.41) is 14.8. The standard InChI is InChI=1S/C14H24N2OS/c1-4-12-5-7-14(17,8-6-12)9-15-13-16-10(2)11(3)18-13/h12,17H,4-9H2,1-3H3,(H,15,16). The van der Waals surface area contributed by atoms with Crippen LogP contribution in [-0.2, 0) is 0 Å². The molecule has 2 N–H and O–H groups in total. The molecule has 0 aliphatic heterocycles. The van der Waals surface area contributed by atoms with Crippen molar-refractivity contribution in [2.24, 2.45) is 5.92 Å². The molecule has 0 aromatic carbocycles. The van der Waals surface area contributed by atoms with Crippen LogP contribution in [-0.4, -0.2) is 22.2 Å². The Morgan fingerprint density at radius 2 is 2.06 bits per heavy atom. The van der Waals surface area contributed by atoms with Crippen molar-refractivity contribution in [2.45, 2.75) is 58.5 Å². The molecule has 4 heteroatoms. The molecular formula is C14H24N2OS. The SMILES string of the molecule is CCC1CCC(O)(CNc2nc(C)c(C)s2)CC1. The highest BCUT2D eigenvalue weighted by atomic mass is 32.1. The first kappa shape index (κ1) is 13.8. The second kappa shape index (κ2) is 5.57. The molecule has 1 saturated carbocycles. The van der Waals surface area contributed by atoms with E-state index >= 15 is 0 Å². The molecule has 0 radical (unpaired) electrons. The van der Waals surface area contributed by atoms with E-state index in [2.05, 4.69) is 24.1 Å². The van der Waals surface area contributed by atoms with Crippen LogP contribution in [0, 0.1) is 19.8 Å². The van der Waals surface area contributed by atoms with Gasteiger partial charge in [-0.1, -0.05) is 13.3 Å². The van der Waals surface area contributed by atoms with E-state index in [4.69, 9.17) is 0 Å². The Kier molecular flexibility index (Phi) is 4.28. The fraction of sp³-hybridized carbons (Fsp3) is 0.786. The molecule has 1 aliphatic rings. The maximum absolute atomic E-state index is 10.5. The molecule has 102 valence electrons. The number of nitrogens with one attached hydrogen (secondary N) is 1. The third kappa shape index (κ3) is 3.23. The van der Waals surface area contributed by atoms with Gasteiger partial charge in [0, 0.05) is 11.4 Å². The lowest BCUT2D eigenvalue weighted by molar-refractivity contribution is 0.00229. The van der Waals surface area contributed by atoms with Gasteiger partial charge in [-0.2, -0.15) is 0 Å². The van der Waals surface area contributed by atoms with Crippen LogP contribution in [0.5, 0.6) is 0 Å². The van der Waals surface area contributed by atoms with Crippen molar-refractivity contribution < 1.29 is 5.11 Å².